The van der Waals surface area contributed by atoms with Gasteiger partial charge in [0.1, 0.15) is 16.7 Å². The van der Waals surface area contributed by atoms with Gasteiger partial charge in [0.05, 0.1) is 16.4 Å². The summed E-state index contributed by atoms with van der Waals surface area (Å²) in [5.74, 6) is 0.900. The number of hydrogen-bond donors (Lipinski definition) is 2. The van der Waals surface area contributed by atoms with Gasteiger partial charge in [-0.25, -0.2) is 4.99 Å². The van der Waals surface area contributed by atoms with Crippen molar-refractivity contribution in [1.82, 2.24) is 5.32 Å². The average Bonchev–Trinajstić information content (AvgIpc) is 3.10. The fraction of sp³-hybridized carbons (Fsp3) is 0.0870. The molecule has 3 aromatic rings. The van der Waals surface area contributed by atoms with E-state index in [9.17, 15) is 9.59 Å². The number of nitrogens with zero attached hydrogens (tertiary/aromatic N) is 1. The monoisotopic (exact) mass is 451 g/mol. The number of ether oxygens (including phenoxy) is 1. The van der Waals surface area contributed by atoms with Gasteiger partial charge in [-0.05, 0) is 48.5 Å². The second kappa shape index (κ2) is 9.68. The van der Waals surface area contributed by atoms with Crippen LogP contribution in [-0.2, 0) is 9.59 Å². The van der Waals surface area contributed by atoms with Gasteiger partial charge in [-0.15, -0.1) is 0 Å². The highest BCUT2D eigenvalue weighted by Gasteiger charge is 2.32. The maximum atomic E-state index is 12.3. The average molecular weight is 452 g/mol. The van der Waals surface area contributed by atoms with Gasteiger partial charge in [-0.1, -0.05) is 53.7 Å². The smallest absolute Gasteiger partial charge is 0.240 e. The number of carbonyl (C=O) groups is 2. The van der Waals surface area contributed by atoms with E-state index in [1.165, 1.54) is 11.8 Å². The van der Waals surface area contributed by atoms with E-state index >= 15 is 0 Å². The van der Waals surface area contributed by atoms with E-state index in [4.69, 9.17) is 16.3 Å². The number of amidine groups is 1. The third-order valence-corrected chi connectivity index (χ3v) is 5.75. The number of halogens is 1. The molecule has 0 bridgehead atoms. The summed E-state index contributed by atoms with van der Waals surface area (Å²) in [6.07, 6.45) is 0.0184. The van der Waals surface area contributed by atoms with Gasteiger partial charge < -0.3 is 15.4 Å². The first-order valence-corrected chi connectivity index (χ1v) is 10.8. The molecule has 0 aromatic heterocycles. The summed E-state index contributed by atoms with van der Waals surface area (Å²) in [6, 6.07) is 23.7. The first-order valence-electron chi connectivity index (χ1n) is 9.50. The molecule has 2 N–H and O–H groups in total. The second-order valence-electron chi connectivity index (χ2n) is 6.65. The predicted molar refractivity (Wildman–Crippen MR) is 124 cm³/mol. The van der Waals surface area contributed by atoms with Crippen molar-refractivity contribution in [2.75, 3.05) is 5.32 Å². The summed E-state index contributed by atoms with van der Waals surface area (Å²) in [5, 5.41) is 5.80. The molecular weight excluding hydrogens is 434 g/mol. The minimum atomic E-state index is -0.554. The van der Waals surface area contributed by atoms with E-state index in [0.717, 1.165) is 5.75 Å². The van der Waals surface area contributed by atoms with Crippen LogP contribution in [0.3, 0.4) is 0 Å². The number of hydrogen-bond acceptors (Lipinski definition) is 5. The lowest BCUT2D eigenvalue weighted by Gasteiger charge is -2.08. The lowest BCUT2D eigenvalue weighted by atomic mass is 10.2. The molecule has 1 saturated heterocycles. The topological polar surface area (TPSA) is 79.8 Å². The van der Waals surface area contributed by atoms with E-state index in [2.05, 4.69) is 15.6 Å². The van der Waals surface area contributed by atoms with Crippen LogP contribution in [0.25, 0.3) is 0 Å². The highest BCUT2D eigenvalue weighted by atomic mass is 35.5. The van der Waals surface area contributed by atoms with Gasteiger partial charge in [-0.3, -0.25) is 9.59 Å². The molecule has 31 heavy (non-hydrogen) atoms. The van der Waals surface area contributed by atoms with E-state index in [0.29, 0.717) is 27.3 Å². The number of carbonyl (C=O) groups excluding carboxylic acids is 2. The lowest BCUT2D eigenvalue weighted by molar-refractivity contribution is -0.122. The SMILES string of the molecule is O=C(C[C@@H]1SC(=Nc2ccc(Oc3ccccc3)cc2)NC1=O)Nc1ccccc1Cl. The zero-order chi connectivity index (χ0) is 21.6. The largest absolute Gasteiger partial charge is 0.457 e. The van der Waals surface area contributed by atoms with E-state index in [-0.39, 0.29) is 18.2 Å². The Balaban J connectivity index is 1.35. The third-order valence-electron chi connectivity index (χ3n) is 4.34. The van der Waals surface area contributed by atoms with Crippen LogP contribution < -0.4 is 15.4 Å². The molecule has 8 heteroatoms. The number of nitrogens with one attached hydrogen (secondary N) is 2. The number of thioether (sulfide) groups is 1. The number of benzene rings is 3. The van der Waals surface area contributed by atoms with E-state index in [1.807, 2.05) is 42.5 Å². The van der Waals surface area contributed by atoms with Crippen LogP contribution in [0, 0.1) is 0 Å². The molecule has 0 spiro atoms. The number of anilines is 1. The van der Waals surface area contributed by atoms with Gasteiger partial charge in [0.2, 0.25) is 11.8 Å². The van der Waals surface area contributed by atoms with Gasteiger partial charge in [0.15, 0.2) is 5.17 Å². The van der Waals surface area contributed by atoms with Gasteiger partial charge in [-0.2, -0.15) is 0 Å². The van der Waals surface area contributed by atoms with Crippen molar-refractivity contribution < 1.29 is 14.3 Å². The molecule has 6 nitrogen and oxygen atoms in total. The third kappa shape index (κ3) is 5.65. The fourth-order valence-electron chi connectivity index (χ4n) is 2.86. The summed E-state index contributed by atoms with van der Waals surface area (Å²) >= 11 is 7.28. The molecule has 0 saturated carbocycles. The Morgan fingerprint density at radius 2 is 1.68 bits per heavy atom. The molecule has 1 aliphatic heterocycles. The maximum absolute atomic E-state index is 12.3. The molecule has 1 heterocycles. The second-order valence-corrected chi connectivity index (χ2v) is 8.25. The zero-order valence-corrected chi connectivity index (χ0v) is 17.8. The molecule has 0 unspecified atom stereocenters. The van der Waals surface area contributed by atoms with E-state index < -0.39 is 5.25 Å². The minimum Gasteiger partial charge on any atom is -0.457 e. The highest BCUT2D eigenvalue weighted by Crippen LogP contribution is 2.28. The van der Waals surface area contributed by atoms with Crippen LogP contribution in [0.5, 0.6) is 11.5 Å². The molecule has 156 valence electrons. The Bertz CT molecular complexity index is 1120. The summed E-state index contributed by atoms with van der Waals surface area (Å²) in [6.45, 7) is 0. The normalized spacial score (nSPS) is 16.7. The molecule has 1 fully saturated rings. The number of amides is 2. The standard InChI is InChI=1S/C23H18ClN3O3S/c24-18-8-4-5-9-19(18)26-21(28)14-20-22(29)27-23(31-20)25-15-10-12-17(13-11-15)30-16-6-2-1-3-7-16/h1-13,20H,14H2,(H,26,28)(H,25,27,29)/t20-/m0/s1. The first-order chi connectivity index (χ1) is 15.1. The molecule has 3 aromatic carbocycles. The molecule has 0 aliphatic carbocycles. The molecule has 1 atom stereocenters. The van der Waals surface area contributed by atoms with Crippen molar-refractivity contribution in [3.05, 3.63) is 83.9 Å². The Labute approximate surface area is 188 Å². The van der Waals surface area contributed by atoms with Gasteiger partial charge in [0.25, 0.3) is 0 Å². The number of rotatable bonds is 6. The Kier molecular flexibility index (Phi) is 6.54. The Morgan fingerprint density at radius 3 is 2.42 bits per heavy atom. The van der Waals surface area contributed by atoms with Crippen molar-refractivity contribution in [3.63, 3.8) is 0 Å². The summed E-state index contributed by atoms with van der Waals surface area (Å²) in [7, 11) is 0. The fourth-order valence-corrected chi connectivity index (χ4v) is 4.03. The zero-order valence-electron chi connectivity index (χ0n) is 16.2. The van der Waals surface area contributed by atoms with Crippen LogP contribution in [0.4, 0.5) is 11.4 Å². The van der Waals surface area contributed by atoms with Crippen molar-refractivity contribution in [2.45, 2.75) is 11.7 Å². The summed E-state index contributed by atoms with van der Waals surface area (Å²) in [4.78, 5) is 29.0. The number of para-hydroxylation sites is 2. The summed E-state index contributed by atoms with van der Waals surface area (Å²) < 4.78 is 5.76. The Hall–Kier alpha value is -3.29. The van der Waals surface area contributed by atoms with Crippen molar-refractivity contribution >= 4 is 51.7 Å². The molecule has 1 aliphatic rings. The summed E-state index contributed by atoms with van der Waals surface area (Å²) in [5.41, 5.74) is 1.19. The lowest BCUT2D eigenvalue weighted by Crippen LogP contribution is -2.28. The van der Waals surface area contributed by atoms with Crippen LogP contribution in [0.15, 0.2) is 83.9 Å². The minimum absolute atomic E-state index is 0.0184. The molecular formula is C23H18ClN3O3S. The van der Waals surface area contributed by atoms with Gasteiger partial charge in [0, 0.05) is 6.42 Å². The van der Waals surface area contributed by atoms with Crippen LogP contribution in [-0.4, -0.2) is 22.2 Å². The van der Waals surface area contributed by atoms with E-state index in [1.54, 1.807) is 36.4 Å². The van der Waals surface area contributed by atoms with Crippen LogP contribution >= 0.6 is 23.4 Å². The maximum Gasteiger partial charge on any atom is 0.240 e. The first kappa shape index (κ1) is 21.0. The Morgan fingerprint density at radius 1 is 1.00 bits per heavy atom. The van der Waals surface area contributed by atoms with Crippen molar-refractivity contribution in [3.8, 4) is 11.5 Å². The molecule has 4 rings (SSSR count). The van der Waals surface area contributed by atoms with Crippen LogP contribution in [0.2, 0.25) is 5.02 Å². The highest BCUT2D eigenvalue weighted by molar-refractivity contribution is 8.15. The van der Waals surface area contributed by atoms with Crippen molar-refractivity contribution in [2.24, 2.45) is 4.99 Å². The quantitative estimate of drug-likeness (QED) is 0.527. The van der Waals surface area contributed by atoms with Crippen LogP contribution in [0.1, 0.15) is 6.42 Å². The molecule has 2 amide bonds. The van der Waals surface area contributed by atoms with Crippen molar-refractivity contribution in [1.29, 1.82) is 0 Å². The molecule has 0 radical (unpaired) electrons. The number of aliphatic imine (C=N–C) groups is 1. The predicted octanol–water partition coefficient (Wildman–Crippen LogP) is 5.38. The van der Waals surface area contributed by atoms with Gasteiger partial charge >= 0.3 is 0 Å².